The van der Waals surface area contributed by atoms with Crippen LogP contribution in [0.15, 0.2) is 24.3 Å². The zero-order chi connectivity index (χ0) is 12.4. The minimum absolute atomic E-state index is 0.136. The van der Waals surface area contributed by atoms with Crippen molar-refractivity contribution in [1.82, 2.24) is 0 Å². The number of hydrogen-bond acceptors (Lipinski definition) is 4. The largest absolute Gasteiger partial charge is 0.371 e. The van der Waals surface area contributed by atoms with Crippen LogP contribution in [-0.4, -0.2) is 24.1 Å². The molecule has 1 aliphatic heterocycles. The predicted molar refractivity (Wildman–Crippen MR) is 67.1 cm³/mol. The molecular weight excluding hydrogens is 218 g/mol. The Morgan fingerprint density at radius 1 is 1.47 bits per heavy atom. The summed E-state index contributed by atoms with van der Waals surface area (Å²) in [6, 6.07) is 6.92. The lowest BCUT2D eigenvalue weighted by atomic mass is 10.0. The number of nitro benzene ring substituents is 1. The number of hydrogen-bond donors (Lipinski definition) is 1. The Hall–Kier alpha value is -1.62. The molecule has 0 radical (unpaired) electrons. The van der Waals surface area contributed by atoms with Crippen molar-refractivity contribution < 1.29 is 4.92 Å². The molecule has 0 amide bonds. The minimum Gasteiger partial charge on any atom is -0.371 e. The van der Waals surface area contributed by atoms with Crippen LogP contribution in [0.4, 0.5) is 11.4 Å². The summed E-state index contributed by atoms with van der Waals surface area (Å²) in [6.45, 7) is 3.95. The molecule has 0 aromatic heterocycles. The van der Waals surface area contributed by atoms with Crippen molar-refractivity contribution in [1.29, 1.82) is 0 Å². The van der Waals surface area contributed by atoms with Gasteiger partial charge in [-0.2, -0.15) is 0 Å². The van der Waals surface area contributed by atoms with E-state index in [9.17, 15) is 10.1 Å². The molecule has 0 spiro atoms. The van der Waals surface area contributed by atoms with Crippen LogP contribution >= 0.6 is 0 Å². The second kappa shape index (κ2) is 4.71. The standard InChI is InChI=1S/C12H17N3O2/c1-9(13)10-6-7-14(8-10)11-2-4-12(5-3-11)15(16)17/h2-5,9-10H,6-8,13H2,1H3. The average molecular weight is 235 g/mol. The van der Waals surface area contributed by atoms with Gasteiger partial charge >= 0.3 is 0 Å². The fraction of sp³-hybridized carbons (Fsp3) is 0.500. The number of nitro groups is 1. The van der Waals surface area contributed by atoms with E-state index in [1.807, 2.05) is 19.1 Å². The van der Waals surface area contributed by atoms with Crippen molar-refractivity contribution in [2.45, 2.75) is 19.4 Å². The number of benzene rings is 1. The topological polar surface area (TPSA) is 72.4 Å². The van der Waals surface area contributed by atoms with Crippen molar-refractivity contribution in [3.8, 4) is 0 Å². The van der Waals surface area contributed by atoms with Gasteiger partial charge in [-0.1, -0.05) is 0 Å². The van der Waals surface area contributed by atoms with Crippen LogP contribution in [0, 0.1) is 16.0 Å². The third-order valence-corrected chi connectivity index (χ3v) is 3.39. The molecule has 1 fully saturated rings. The summed E-state index contributed by atoms with van der Waals surface area (Å²) >= 11 is 0. The second-order valence-corrected chi connectivity index (χ2v) is 4.63. The highest BCUT2D eigenvalue weighted by Crippen LogP contribution is 2.26. The number of nitrogens with two attached hydrogens (primary N) is 1. The Balaban J connectivity index is 2.06. The van der Waals surface area contributed by atoms with Gasteiger partial charge in [-0.15, -0.1) is 0 Å². The van der Waals surface area contributed by atoms with Crippen LogP contribution in [0.5, 0.6) is 0 Å². The van der Waals surface area contributed by atoms with Crippen LogP contribution in [0.3, 0.4) is 0 Å². The van der Waals surface area contributed by atoms with Gasteiger partial charge in [-0.3, -0.25) is 10.1 Å². The molecule has 1 aromatic carbocycles. The third kappa shape index (κ3) is 2.55. The van der Waals surface area contributed by atoms with Gasteiger partial charge in [-0.25, -0.2) is 0 Å². The van der Waals surface area contributed by atoms with E-state index in [1.165, 1.54) is 0 Å². The Morgan fingerprint density at radius 2 is 2.12 bits per heavy atom. The summed E-state index contributed by atoms with van der Waals surface area (Å²) < 4.78 is 0. The highest BCUT2D eigenvalue weighted by Gasteiger charge is 2.25. The first-order valence-electron chi connectivity index (χ1n) is 5.83. The Labute approximate surface area is 100 Å². The molecule has 2 unspecified atom stereocenters. The van der Waals surface area contributed by atoms with Crippen molar-refractivity contribution in [2.75, 3.05) is 18.0 Å². The van der Waals surface area contributed by atoms with Crippen molar-refractivity contribution in [2.24, 2.45) is 11.7 Å². The minimum atomic E-state index is -0.376. The van der Waals surface area contributed by atoms with Gasteiger partial charge < -0.3 is 10.6 Å². The lowest BCUT2D eigenvalue weighted by Gasteiger charge is -2.19. The van der Waals surface area contributed by atoms with Gasteiger partial charge in [0.25, 0.3) is 5.69 Å². The molecule has 2 rings (SSSR count). The number of non-ortho nitro benzene ring substituents is 1. The smallest absolute Gasteiger partial charge is 0.269 e. The second-order valence-electron chi connectivity index (χ2n) is 4.63. The van der Waals surface area contributed by atoms with E-state index in [4.69, 9.17) is 5.73 Å². The fourth-order valence-corrected chi connectivity index (χ4v) is 2.24. The maximum absolute atomic E-state index is 10.6. The molecule has 1 aromatic rings. The maximum Gasteiger partial charge on any atom is 0.269 e. The summed E-state index contributed by atoms with van der Waals surface area (Å²) in [4.78, 5) is 12.4. The van der Waals surface area contributed by atoms with Crippen LogP contribution < -0.4 is 10.6 Å². The van der Waals surface area contributed by atoms with Gasteiger partial charge in [0.05, 0.1) is 4.92 Å². The van der Waals surface area contributed by atoms with Crippen molar-refractivity contribution in [3.05, 3.63) is 34.4 Å². The normalized spacial score (nSPS) is 21.5. The highest BCUT2D eigenvalue weighted by atomic mass is 16.6. The molecule has 17 heavy (non-hydrogen) atoms. The molecule has 5 nitrogen and oxygen atoms in total. The summed E-state index contributed by atoms with van der Waals surface area (Å²) in [6.07, 6.45) is 1.09. The molecule has 92 valence electrons. The summed E-state index contributed by atoms with van der Waals surface area (Å²) in [7, 11) is 0. The molecule has 0 bridgehead atoms. The number of anilines is 1. The maximum atomic E-state index is 10.6. The van der Waals surface area contributed by atoms with E-state index < -0.39 is 0 Å². The molecule has 2 atom stereocenters. The summed E-state index contributed by atoms with van der Waals surface area (Å²) in [5, 5.41) is 10.6. The van der Waals surface area contributed by atoms with Crippen LogP contribution in [0.25, 0.3) is 0 Å². The Morgan fingerprint density at radius 3 is 2.59 bits per heavy atom. The van der Waals surface area contributed by atoms with Gasteiger partial charge in [-0.05, 0) is 31.4 Å². The lowest BCUT2D eigenvalue weighted by Crippen LogP contribution is -2.29. The van der Waals surface area contributed by atoms with E-state index in [0.29, 0.717) is 5.92 Å². The van der Waals surface area contributed by atoms with Crippen LogP contribution in [0.2, 0.25) is 0 Å². The fourth-order valence-electron chi connectivity index (χ4n) is 2.24. The molecule has 1 aliphatic rings. The predicted octanol–water partition coefficient (Wildman–Crippen LogP) is 1.77. The highest BCUT2D eigenvalue weighted by molar-refractivity contribution is 5.51. The van der Waals surface area contributed by atoms with Gasteiger partial charge in [0.15, 0.2) is 0 Å². The zero-order valence-electron chi connectivity index (χ0n) is 9.87. The van der Waals surface area contributed by atoms with E-state index >= 15 is 0 Å². The van der Waals surface area contributed by atoms with E-state index in [2.05, 4.69) is 4.90 Å². The molecule has 0 aliphatic carbocycles. The molecule has 1 heterocycles. The first kappa shape index (κ1) is 11.9. The van der Waals surface area contributed by atoms with Gasteiger partial charge in [0, 0.05) is 37.0 Å². The molecular formula is C12H17N3O2. The Kier molecular flexibility index (Phi) is 3.28. The van der Waals surface area contributed by atoms with E-state index in [0.717, 1.165) is 25.2 Å². The van der Waals surface area contributed by atoms with Crippen molar-refractivity contribution in [3.63, 3.8) is 0 Å². The monoisotopic (exact) mass is 235 g/mol. The van der Waals surface area contributed by atoms with Crippen LogP contribution in [0.1, 0.15) is 13.3 Å². The zero-order valence-corrected chi connectivity index (χ0v) is 9.87. The van der Waals surface area contributed by atoms with Gasteiger partial charge in [0.2, 0.25) is 0 Å². The van der Waals surface area contributed by atoms with E-state index in [1.54, 1.807) is 12.1 Å². The summed E-state index contributed by atoms with van der Waals surface area (Å²) in [5.41, 5.74) is 7.06. The average Bonchev–Trinajstić information content (AvgIpc) is 2.78. The third-order valence-electron chi connectivity index (χ3n) is 3.39. The first-order chi connectivity index (χ1) is 8.08. The van der Waals surface area contributed by atoms with Crippen molar-refractivity contribution >= 4 is 11.4 Å². The van der Waals surface area contributed by atoms with Gasteiger partial charge in [0.1, 0.15) is 0 Å². The lowest BCUT2D eigenvalue weighted by molar-refractivity contribution is -0.384. The quantitative estimate of drug-likeness (QED) is 0.640. The first-order valence-corrected chi connectivity index (χ1v) is 5.83. The Bertz CT molecular complexity index is 403. The SMILES string of the molecule is CC(N)C1CCN(c2ccc([N+](=O)[O-])cc2)C1. The number of nitrogens with zero attached hydrogens (tertiary/aromatic N) is 2. The van der Waals surface area contributed by atoms with Crippen LogP contribution in [-0.2, 0) is 0 Å². The van der Waals surface area contributed by atoms with E-state index in [-0.39, 0.29) is 16.7 Å². The molecule has 5 heteroatoms. The molecule has 0 saturated carbocycles. The molecule has 1 saturated heterocycles. The number of rotatable bonds is 3. The molecule has 2 N–H and O–H groups in total. The summed E-state index contributed by atoms with van der Waals surface area (Å²) in [5.74, 6) is 0.519.